The number of carbonyl (C=O) groups is 1. The van der Waals surface area contributed by atoms with Gasteiger partial charge in [0.1, 0.15) is 6.61 Å². The van der Waals surface area contributed by atoms with Crippen LogP contribution in [-0.2, 0) is 16.1 Å². The molecule has 1 atom stereocenters. The van der Waals surface area contributed by atoms with Crippen LogP contribution in [0.5, 0.6) is 11.5 Å². The Kier molecular flexibility index (Phi) is 4.56. The van der Waals surface area contributed by atoms with E-state index in [-0.39, 0.29) is 18.6 Å². The Bertz CT molecular complexity index is 660. The van der Waals surface area contributed by atoms with Crippen LogP contribution in [0.4, 0.5) is 0 Å². The summed E-state index contributed by atoms with van der Waals surface area (Å²) in [7, 11) is 3.52. The molecule has 1 aromatic rings. The number of fused-ring (bicyclic) bond motifs is 1. The van der Waals surface area contributed by atoms with Gasteiger partial charge in [0.2, 0.25) is 12.7 Å². The Labute approximate surface area is 152 Å². The molecule has 0 unspecified atom stereocenters. The second kappa shape index (κ2) is 6.70. The van der Waals surface area contributed by atoms with Gasteiger partial charge in [-0.05, 0) is 24.1 Å². The number of thioether (sulfide) groups is 1. The molecule has 7 heteroatoms. The van der Waals surface area contributed by atoms with Crippen molar-refractivity contribution in [3.8, 4) is 11.5 Å². The zero-order chi connectivity index (χ0) is 17.4. The van der Waals surface area contributed by atoms with Crippen LogP contribution < -0.4 is 9.47 Å². The zero-order valence-electron chi connectivity index (χ0n) is 14.7. The Morgan fingerprint density at radius 2 is 2.16 bits per heavy atom. The molecule has 2 saturated heterocycles. The highest BCUT2D eigenvalue weighted by atomic mass is 32.2. The lowest BCUT2D eigenvalue weighted by atomic mass is 9.92. The number of likely N-dealkylation sites (N-methyl/N-ethyl adjacent to an activating group) is 1. The SMILES string of the molecule is CN(C)C(=O)CO[C@@H]1CSC2(C1)CN(Cc1ccc3c(c1)OCO3)C2. The van der Waals surface area contributed by atoms with Crippen molar-refractivity contribution >= 4 is 17.7 Å². The van der Waals surface area contributed by atoms with Crippen LogP contribution in [0.2, 0.25) is 0 Å². The molecule has 1 aromatic carbocycles. The fraction of sp³-hybridized carbons (Fsp3) is 0.611. The second-order valence-corrected chi connectivity index (χ2v) is 8.74. The monoisotopic (exact) mass is 364 g/mol. The van der Waals surface area contributed by atoms with Crippen LogP contribution in [0, 0.1) is 0 Å². The summed E-state index contributed by atoms with van der Waals surface area (Å²) in [6, 6.07) is 6.18. The minimum atomic E-state index is 0.0315. The van der Waals surface area contributed by atoms with E-state index in [9.17, 15) is 4.79 Å². The lowest BCUT2D eigenvalue weighted by Gasteiger charge is -2.47. The van der Waals surface area contributed by atoms with Gasteiger partial charge >= 0.3 is 0 Å². The molecule has 2 fully saturated rings. The molecule has 4 rings (SSSR count). The predicted octanol–water partition coefficient (Wildman–Crippen LogP) is 1.58. The van der Waals surface area contributed by atoms with E-state index in [1.807, 2.05) is 17.8 Å². The quantitative estimate of drug-likeness (QED) is 0.791. The first kappa shape index (κ1) is 17.0. The van der Waals surface area contributed by atoms with Crippen LogP contribution in [0.1, 0.15) is 12.0 Å². The van der Waals surface area contributed by atoms with E-state index in [4.69, 9.17) is 14.2 Å². The Hall–Kier alpha value is -1.44. The maximum Gasteiger partial charge on any atom is 0.248 e. The van der Waals surface area contributed by atoms with Gasteiger partial charge in [-0.2, -0.15) is 0 Å². The molecule has 3 aliphatic heterocycles. The molecule has 0 N–H and O–H groups in total. The summed E-state index contributed by atoms with van der Waals surface area (Å²) in [4.78, 5) is 15.7. The van der Waals surface area contributed by atoms with Crippen molar-refractivity contribution in [3.05, 3.63) is 23.8 Å². The smallest absolute Gasteiger partial charge is 0.248 e. The van der Waals surface area contributed by atoms with Crippen molar-refractivity contribution in [2.24, 2.45) is 0 Å². The lowest BCUT2D eigenvalue weighted by Crippen LogP contribution is -2.58. The number of hydrogen-bond acceptors (Lipinski definition) is 6. The summed E-state index contributed by atoms with van der Waals surface area (Å²) < 4.78 is 16.9. The molecular weight excluding hydrogens is 340 g/mol. The first-order valence-electron chi connectivity index (χ1n) is 8.60. The van der Waals surface area contributed by atoms with Gasteiger partial charge in [0.25, 0.3) is 0 Å². The van der Waals surface area contributed by atoms with Crippen molar-refractivity contribution in [1.82, 2.24) is 9.80 Å². The highest BCUT2D eigenvalue weighted by molar-refractivity contribution is 8.01. The Morgan fingerprint density at radius 3 is 2.96 bits per heavy atom. The van der Waals surface area contributed by atoms with Crippen molar-refractivity contribution in [1.29, 1.82) is 0 Å². The summed E-state index contributed by atoms with van der Waals surface area (Å²) in [5.41, 5.74) is 1.26. The summed E-state index contributed by atoms with van der Waals surface area (Å²) in [6.07, 6.45) is 1.23. The molecule has 0 aromatic heterocycles. The number of benzene rings is 1. The summed E-state index contributed by atoms with van der Waals surface area (Å²) >= 11 is 2.00. The fourth-order valence-corrected chi connectivity index (χ4v) is 5.23. The van der Waals surface area contributed by atoms with Gasteiger partial charge in [-0.3, -0.25) is 9.69 Å². The molecule has 0 saturated carbocycles. The molecular formula is C18H24N2O4S. The molecule has 1 spiro atoms. The minimum absolute atomic E-state index is 0.0315. The van der Waals surface area contributed by atoms with Crippen LogP contribution in [0.15, 0.2) is 18.2 Å². The molecule has 0 aliphatic carbocycles. The number of rotatable bonds is 5. The zero-order valence-corrected chi connectivity index (χ0v) is 15.5. The average Bonchev–Trinajstić information content (AvgIpc) is 3.18. The van der Waals surface area contributed by atoms with Crippen molar-refractivity contribution in [2.45, 2.75) is 23.8 Å². The predicted molar refractivity (Wildman–Crippen MR) is 96.1 cm³/mol. The van der Waals surface area contributed by atoms with Crippen molar-refractivity contribution < 1.29 is 19.0 Å². The lowest BCUT2D eigenvalue weighted by molar-refractivity contribution is -0.135. The normalized spacial score (nSPS) is 23.7. The van der Waals surface area contributed by atoms with Gasteiger partial charge in [0.05, 0.1) is 6.10 Å². The van der Waals surface area contributed by atoms with Gasteiger partial charge in [0, 0.05) is 44.2 Å². The summed E-state index contributed by atoms with van der Waals surface area (Å²) in [6.45, 7) is 3.60. The van der Waals surface area contributed by atoms with E-state index in [1.54, 1.807) is 19.0 Å². The van der Waals surface area contributed by atoms with Crippen LogP contribution in [-0.4, -0.2) is 72.9 Å². The third-order valence-corrected chi connectivity index (χ3v) is 6.56. The number of likely N-dealkylation sites (tertiary alicyclic amines) is 1. The highest BCUT2D eigenvalue weighted by Gasteiger charge is 2.49. The first-order chi connectivity index (χ1) is 12.0. The van der Waals surface area contributed by atoms with Crippen LogP contribution in [0.25, 0.3) is 0 Å². The number of nitrogens with zero attached hydrogens (tertiary/aromatic N) is 2. The van der Waals surface area contributed by atoms with Gasteiger partial charge in [-0.1, -0.05) is 6.07 Å². The molecule has 3 heterocycles. The topological polar surface area (TPSA) is 51.2 Å². The van der Waals surface area contributed by atoms with E-state index in [1.165, 1.54) is 5.56 Å². The van der Waals surface area contributed by atoms with Gasteiger partial charge in [-0.15, -0.1) is 11.8 Å². The van der Waals surface area contributed by atoms with Crippen LogP contribution in [0.3, 0.4) is 0 Å². The maximum absolute atomic E-state index is 11.6. The van der Waals surface area contributed by atoms with Crippen LogP contribution >= 0.6 is 11.8 Å². The molecule has 25 heavy (non-hydrogen) atoms. The third kappa shape index (κ3) is 3.59. The fourth-order valence-electron chi connectivity index (χ4n) is 3.63. The molecule has 1 amide bonds. The number of ether oxygens (including phenoxy) is 3. The number of amides is 1. The Balaban J connectivity index is 1.24. The molecule has 0 radical (unpaired) electrons. The molecule has 136 valence electrons. The van der Waals surface area contributed by atoms with E-state index in [0.717, 1.165) is 43.3 Å². The first-order valence-corrected chi connectivity index (χ1v) is 9.58. The van der Waals surface area contributed by atoms with Crippen molar-refractivity contribution in [2.75, 3.05) is 46.3 Å². The Morgan fingerprint density at radius 1 is 1.36 bits per heavy atom. The van der Waals surface area contributed by atoms with Crippen molar-refractivity contribution in [3.63, 3.8) is 0 Å². The van der Waals surface area contributed by atoms with E-state index in [2.05, 4.69) is 17.0 Å². The van der Waals surface area contributed by atoms with Gasteiger partial charge < -0.3 is 19.1 Å². The largest absolute Gasteiger partial charge is 0.454 e. The number of hydrogen-bond donors (Lipinski definition) is 0. The minimum Gasteiger partial charge on any atom is -0.454 e. The number of carbonyl (C=O) groups excluding carboxylic acids is 1. The van der Waals surface area contributed by atoms with Gasteiger partial charge in [0.15, 0.2) is 11.5 Å². The van der Waals surface area contributed by atoms with Gasteiger partial charge in [-0.25, -0.2) is 0 Å². The summed E-state index contributed by atoms with van der Waals surface area (Å²) in [5, 5.41) is 0. The summed E-state index contributed by atoms with van der Waals surface area (Å²) in [5.74, 6) is 2.70. The van der Waals surface area contributed by atoms with E-state index in [0.29, 0.717) is 11.5 Å². The van der Waals surface area contributed by atoms with E-state index >= 15 is 0 Å². The highest BCUT2D eigenvalue weighted by Crippen LogP contribution is 2.46. The maximum atomic E-state index is 11.6. The standard InChI is InChI=1S/C18H24N2O4S/c1-19(2)17(21)8-22-14-6-18(25-9-14)10-20(11-18)7-13-3-4-15-16(5-13)24-12-23-15/h3-5,14H,6-12H2,1-2H3/t14-/m0/s1. The van der Waals surface area contributed by atoms with E-state index < -0.39 is 0 Å². The average molecular weight is 364 g/mol. The molecule has 0 bridgehead atoms. The second-order valence-electron chi connectivity index (χ2n) is 7.25. The third-order valence-electron chi connectivity index (χ3n) is 4.98. The molecule has 3 aliphatic rings. The molecule has 6 nitrogen and oxygen atoms in total.